The molecular formula is C18H22N4OS. The van der Waals surface area contributed by atoms with Crippen LogP contribution in [-0.4, -0.2) is 47.5 Å². The fraction of sp³-hybridized carbons (Fsp3) is 0.556. The molecule has 3 fully saturated rings. The first-order valence-corrected chi connectivity index (χ1v) is 9.79. The Balaban J connectivity index is 1.34. The summed E-state index contributed by atoms with van der Waals surface area (Å²) >= 11 is 1.69. The largest absolute Gasteiger partial charge is 0.381 e. The van der Waals surface area contributed by atoms with Gasteiger partial charge < -0.3 is 15.5 Å². The van der Waals surface area contributed by atoms with Crippen molar-refractivity contribution in [1.82, 2.24) is 15.2 Å². The first-order valence-electron chi connectivity index (χ1n) is 8.91. The average molecular weight is 342 g/mol. The topological polar surface area (TPSA) is 57.3 Å². The van der Waals surface area contributed by atoms with E-state index >= 15 is 0 Å². The van der Waals surface area contributed by atoms with Gasteiger partial charge in [-0.05, 0) is 44.2 Å². The van der Waals surface area contributed by atoms with Crippen molar-refractivity contribution >= 4 is 33.0 Å². The van der Waals surface area contributed by atoms with Gasteiger partial charge in [0.05, 0.1) is 10.4 Å². The van der Waals surface area contributed by atoms with Gasteiger partial charge >= 0.3 is 0 Å². The van der Waals surface area contributed by atoms with E-state index in [1.807, 2.05) is 12.3 Å². The van der Waals surface area contributed by atoms with Crippen LogP contribution in [0.5, 0.6) is 0 Å². The first-order chi connectivity index (χ1) is 11.7. The molecule has 24 heavy (non-hydrogen) atoms. The SMILES string of the molecule is O=C(N[C@@H]1C[C@@H]2CCN(C2)C1)c1cc2c(NC3CC3)csc2cn1. The molecule has 2 aliphatic heterocycles. The number of hydrogen-bond acceptors (Lipinski definition) is 5. The molecule has 2 bridgehead atoms. The lowest BCUT2D eigenvalue weighted by molar-refractivity contribution is 0.0904. The number of rotatable bonds is 4. The van der Waals surface area contributed by atoms with Crippen LogP contribution in [-0.2, 0) is 0 Å². The molecule has 0 aromatic carbocycles. The Bertz CT molecular complexity index is 772. The molecule has 1 unspecified atom stereocenters. The number of amides is 1. The van der Waals surface area contributed by atoms with E-state index in [1.54, 1.807) is 11.3 Å². The summed E-state index contributed by atoms with van der Waals surface area (Å²) in [6.45, 7) is 3.38. The van der Waals surface area contributed by atoms with Crippen molar-refractivity contribution in [3.8, 4) is 0 Å². The quantitative estimate of drug-likeness (QED) is 0.897. The Morgan fingerprint density at radius 2 is 2.17 bits per heavy atom. The second-order valence-corrected chi connectivity index (χ2v) is 8.37. The molecular weight excluding hydrogens is 320 g/mol. The fourth-order valence-corrected chi connectivity index (χ4v) is 4.89. The zero-order valence-electron chi connectivity index (χ0n) is 13.6. The standard InChI is InChI=1S/C18H22N4OS/c23-18(21-13-5-11-3-4-22(8-11)9-13)15-6-14-16(20-12-1-2-12)10-24-17(14)7-19-15/h6-7,10-13,20H,1-5,8-9H2,(H,21,23)/t11-,13+/m0/s1. The van der Waals surface area contributed by atoms with Gasteiger partial charge in [-0.25, -0.2) is 4.98 Å². The number of pyridine rings is 1. The number of piperidine rings is 1. The molecule has 1 aliphatic carbocycles. The summed E-state index contributed by atoms with van der Waals surface area (Å²) in [6.07, 6.45) is 6.71. The number of carbonyl (C=O) groups excluding carboxylic acids is 1. The Hall–Kier alpha value is -1.66. The van der Waals surface area contributed by atoms with Crippen LogP contribution >= 0.6 is 11.3 Å². The van der Waals surface area contributed by atoms with Gasteiger partial charge in [0.2, 0.25) is 0 Å². The predicted molar refractivity (Wildman–Crippen MR) is 96.7 cm³/mol. The van der Waals surface area contributed by atoms with Gasteiger partial charge in [-0.15, -0.1) is 11.3 Å². The number of nitrogens with one attached hydrogen (secondary N) is 2. The van der Waals surface area contributed by atoms with E-state index in [2.05, 4.69) is 25.9 Å². The molecule has 6 heteroatoms. The lowest BCUT2D eigenvalue weighted by Crippen LogP contribution is -2.47. The van der Waals surface area contributed by atoms with Gasteiger partial charge in [-0.3, -0.25) is 4.79 Å². The highest BCUT2D eigenvalue weighted by atomic mass is 32.1. The predicted octanol–water partition coefficient (Wildman–Crippen LogP) is 2.69. The number of hydrogen-bond donors (Lipinski definition) is 2. The van der Waals surface area contributed by atoms with E-state index in [4.69, 9.17) is 0 Å². The average Bonchev–Trinajstić information content (AvgIpc) is 3.22. The number of thiophene rings is 1. The summed E-state index contributed by atoms with van der Waals surface area (Å²) < 4.78 is 1.14. The van der Waals surface area contributed by atoms with Crippen LogP contribution in [0, 0.1) is 5.92 Å². The summed E-state index contributed by atoms with van der Waals surface area (Å²) in [6, 6.07) is 2.83. The fourth-order valence-electron chi connectivity index (χ4n) is 4.04. The zero-order valence-corrected chi connectivity index (χ0v) is 14.4. The third kappa shape index (κ3) is 2.78. The summed E-state index contributed by atoms with van der Waals surface area (Å²) in [5.41, 5.74) is 1.68. The van der Waals surface area contributed by atoms with E-state index in [1.165, 1.54) is 32.4 Å². The molecule has 4 heterocycles. The molecule has 1 amide bonds. The van der Waals surface area contributed by atoms with Crippen LogP contribution in [0.1, 0.15) is 36.2 Å². The second kappa shape index (κ2) is 5.70. The summed E-state index contributed by atoms with van der Waals surface area (Å²) in [7, 11) is 0. The third-order valence-corrected chi connectivity index (χ3v) is 6.37. The van der Waals surface area contributed by atoms with Crippen molar-refractivity contribution in [1.29, 1.82) is 0 Å². The maximum atomic E-state index is 12.6. The van der Waals surface area contributed by atoms with Gasteiger partial charge in [0.25, 0.3) is 5.91 Å². The molecule has 126 valence electrons. The summed E-state index contributed by atoms with van der Waals surface area (Å²) in [4.78, 5) is 19.5. The van der Waals surface area contributed by atoms with E-state index in [0.29, 0.717) is 11.7 Å². The molecule has 0 radical (unpaired) electrons. The highest BCUT2D eigenvalue weighted by Crippen LogP contribution is 2.34. The Morgan fingerprint density at radius 3 is 3.00 bits per heavy atom. The van der Waals surface area contributed by atoms with Crippen LogP contribution < -0.4 is 10.6 Å². The maximum absolute atomic E-state index is 12.6. The lowest BCUT2D eigenvalue weighted by atomic mass is 9.97. The van der Waals surface area contributed by atoms with Crippen molar-refractivity contribution in [2.24, 2.45) is 5.92 Å². The van der Waals surface area contributed by atoms with Gasteiger partial charge in [0, 0.05) is 42.1 Å². The molecule has 5 rings (SSSR count). The monoisotopic (exact) mass is 342 g/mol. The molecule has 0 spiro atoms. The van der Waals surface area contributed by atoms with Gasteiger partial charge in [0.1, 0.15) is 5.69 Å². The van der Waals surface area contributed by atoms with Crippen LogP contribution in [0.15, 0.2) is 17.6 Å². The number of aromatic nitrogens is 1. The Morgan fingerprint density at radius 1 is 1.25 bits per heavy atom. The van der Waals surface area contributed by atoms with Crippen molar-refractivity contribution in [2.75, 3.05) is 25.0 Å². The number of fused-ring (bicyclic) bond motifs is 3. The smallest absolute Gasteiger partial charge is 0.270 e. The van der Waals surface area contributed by atoms with E-state index in [9.17, 15) is 4.79 Å². The molecule has 2 aromatic heterocycles. The van der Waals surface area contributed by atoms with Crippen LogP contribution in [0.3, 0.4) is 0 Å². The van der Waals surface area contributed by atoms with Crippen molar-refractivity contribution < 1.29 is 4.79 Å². The third-order valence-electron chi connectivity index (χ3n) is 5.43. The van der Waals surface area contributed by atoms with E-state index in [-0.39, 0.29) is 11.9 Å². The van der Waals surface area contributed by atoms with Gasteiger partial charge in [-0.2, -0.15) is 0 Å². The summed E-state index contributed by atoms with van der Waals surface area (Å²) in [5, 5.41) is 10.0. The minimum atomic E-state index is -0.0343. The molecule has 3 aliphatic rings. The summed E-state index contributed by atoms with van der Waals surface area (Å²) in [5.74, 6) is 0.721. The van der Waals surface area contributed by atoms with Crippen LogP contribution in [0.4, 0.5) is 5.69 Å². The molecule has 5 nitrogen and oxygen atoms in total. The second-order valence-electron chi connectivity index (χ2n) is 7.45. The molecule has 2 N–H and O–H groups in total. The number of nitrogens with zero attached hydrogens (tertiary/aromatic N) is 2. The Kier molecular flexibility index (Phi) is 3.49. The number of anilines is 1. The Labute approximate surface area is 145 Å². The highest BCUT2D eigenvalue weighted by Gasteiger charge is 2.33. The van der Waals surface area contributed by atoms with Crippen molar-refractivity contribution in [3.63, 3.8) is 0 Å². The minimum Gasteiger partial charge on any atom is -0.381 e. The molecule has 2 aromatic rings. The molecule has 3 atom stereocenters. The normalized spacial score (nSPS) is 28.9. The number of carbonyl (C=O) groups is 1. The van der Waals surface area contributed by atoms with Gasteiger partial charge in [0.15, 0.2) is 0 Å². The van der Waals surface area contributed by atoms with E-state index in [0.717, 1.165) is 34.7 Å². The van der Waals surface area contributed by atoms with E-state index < -0.39 is 0 Å². The molecule has 1 saturated carbocycles. The van der Waals surface area contributed by atoms with Crippen LogP contribution in [0.2, 0.25) is 0 Å². The van der Waals surface area contributed by atoms with Crippen molar-refractivity contribution in [3.05, 3.63) is 23.3 Å². The van der Waals surface area contributed by atoms with Crippen LogP contribution in [0.25, 0.3) is 10.1 Å². The van der Waals surface area contributed by atoms with Crippen molar-refractivity contribution in [2.45, 2.75) is 37.8 Å². The first kappa shape index (κ1) is 14.7. The highest BCUT2D eigenvalue weighted by molar-refractivity contribution is 7.17. The lowest BCUT2D eigenvalue weighted by Gasteiger charge is -2.30. The molecule has 2 saturated heterocycles. The van der Waals surface area contributed by atoms with Gasteiger partial charge in [-0.1, -0.05) is 0 Å². The maximum Gasteiger partial charge on any atom is 0.270 e. The minimum absolute atomic E-state index is 0.0343. The zero-order chi connectivity index (χ0) is 16.1.